The fourth-order valence-corrected chi connectivity index (χ4v) is 4.83. The van der Waals surface area contributed by atoms with E-state index in [0.29, 0.717) is 22.5 Å². The molecule has 4 nitrogen and oxygen atoms in total. The molecule has 0 bridgehead atoms. The SMILES string of the molecule is CCCN(CCC)S(=O)(=O)c1ccc(CNCC)cc1Br. The highest BCUT2D eigenvalue weighted by Crippen LogP contribution is 2.26. The van der Waals surface area contributed by atoms with Gasteiger partial charge in [0.1, 0.15) is 0 Å². The van der Waals surface area contributed by atoms with Gasteiger partial charge in [0.05, 0.1) is 4.90 Å². The van der Waals surface area contributed by atoms with Crippen LogP contribution in [0, 0.1) is 0 Å². The Balaban J connectivity index is 3.06. The van der Waals surface area contributed by atoms with Crippen LogP contribution in [0.1, 0.15) is 39.2 Å². The van der Waals surface area contributed by atoms with E-state index in [-0.39, 0.29) is 0 Å². The van der Waals surface area contributed by atoms with Crippen LogP contribution in [0.15, 0.2) is 27.6 Å². The summed E-state index contributed by atoms with van der Waals surface area (Å²) in [6, 6.07) is 5.45. The molecule has 0 saturated carbocycles. The molecule has 0 amide bonds. The zero-order chi connectivity index (χ0) is 15.9. The quantitative estimate of drug-likeness (QED) is 0.718. The van der Waals surface area contributed by atoms with Gasteiger partial charge >= 0.3 is 0 Å². The molecule has 0 spiro atoms. The van der Waals surface area contributed by atoms with Crippen LogP contribution in [0.3, 0.4) is 0 Å². The maximum absolute atomic E-state index is 12.7. The topological polar surface area (TPSA) is 49.4 Å². The van der Waals surface area contributed by atoms with Crippen molar-refractivity contribution in [2.45, 2.75) is 45.1 Å². The number of hydrogen-bond donors (Lipinski definition) is 1. The molecule has 0 aliphatic rings. The fourth-order valence-electron chi connectivity index (χ4n) is 2.12. The largest absolute Gasteiger partial charge is 0.313 e. The minimum Gasteiger partial charge on any atom is -0.313 e. The van der Waals surface area contributed by atoms with Crippen LogP contribution in [0.2, 0.25) is 0 Å². The Morgan fingerprint density at radius 3 is 2.24 bits per heavy atom. The molecule has 1 N–H and O–H groups in total. The van der Waals surface area contributed by atoms with Crippen molar-refractivity contribution < 1.29 is 8.42 Å². The lowest BCUT2D eigenvalue weighted by atomic mass is 10.2. The molecule has 0 aliphatic carbocycles. The molecule has 0 heterocycles. The van der Waals surface area contributed by atoms with Crippen LogP contribution in [0.25, 0.3) is 0 Å². The van der Waals surface area contributed by atoms with E-state index in [0.717, 1.165) is 31.5 Å². The van der Waals surface area contributed by atoms with Gasteiger partial charge in [-0.2, -0.15) is 4.31 Å². The van der Waals surface area contributed by atoms with E-state index >= 15 is 0 Å². The van der Waals surface area contributed by atoms with Crippen molar-refractivity contribution in [3.8, 4) is 0 Å². The van der Waals surface area contributed by atoms with Crippen molar-refractivity contribution in [1.29, 1.82) is 0 Å². The maximum Gasteiger partial charge on any atom is 0.244 e. The number of halogens is 1. The molecule has 0 fully saturated rings. The molecule has 1 rings (SSSR count). The van der Waals surface area contributed by atoms with E-state index in [2.05, 4.69) is 21.2 Å². The lowest BCUT2D eigenvalue weighted by Crippen LogP contribution is -2.32. The Morgan fingerprint density at radius 1 is 1.14 bits per heavy atom. The number of benzene rings is 1. The zero-order valence-electron chi connectivity index (χ0n) is 13.0. The third-order valence-corrected chi connectivity index (χ3v) is 6.01. The molecular weight excluding hydrogens is 352 g/mol. The van der Waals surface area contributed by atoms with E-state index in [1.165, 1.54) is 0 Å². The molecule has 0 saturated heterocycles. The first-order valence-corrected chi connectivity index (χ1v) is 9.69. The number of sulfonamides is 1. The molecule has 6 heteroatoms. The van der Waals surface area contributed by atoms with Crippen molar-refractivity contribution in [1.82, 2.24) is 9.62 Å². The monoisotopic (exact) mass is 376 g/mol. The summed E-state index contributed by atoms with van der Waals surface area (Å²) in [5, 5.41) is 3.23. The first-order chi connectivity index (χ1) is 9.97. The highest BCUT2D eigenvalue weighted by molar-refractivity contribution is 9.10. The van der Waals surface area contributed by atoms with Gasteiger partial charge in [-0.15, -0.1) is 0 Å². The molecule has 1 aromatic rings. The van der Waals surface area contributed by atoms with E-state index in [4.69, 9.17) is 0 Å². The van der Waals surface area contributed by atoms with Gasteiger partial charge < -0.3 is 5.32 Å². The van der Waals surface area contributed by atoms with Gasteiger partial charge in [0.15, 0.2) is 0 Å². The van der Waals surface area contributed by atoms with Gasteiger partial charge in [-0.3, -0.25) is 0 Å². The van der Waals surface area contributed by atoms with E-state index in [1.807, 2.05) is 32.9 Å². The standard InChI is InChI=1S/C15H25BrN2O2S/c1-4-9-18(10-5-2)21(19,20)15-8-7-13(11-14(15)16)12-17-6-3/h7-8,11,17H,4-6,9-10,12H2,1-3H3. The van der Waals surface area contributed by atoms with Gasteiger partial charge in [0.2, 0.25) is 10.0 Å². The second-order valence-electron chi connectivity index (χ2n) is 4.95. The van der Waals surface area contributed by atoms with E-state index in [1.54, 1.807) is 10.4 Å². The van der Waals surface area contributed by atoms with Crippen LogP contribution in [0.4, 0.5) is 0 Å². The van der Waals surface area contributed by atoms with E-state index < -0.39 is 10.0 Å². The van der Waals surface area contributed by atoms with Gasteiger partial charge in [-0.05, 0) is 53.0 Å². The average molecular weight is 377 g/mol. The molecule has 0 aliphatic heterocycles. The lowest BCUT2D eigenvalue weighted by molar-refractivity contribution is 0.409. The summed E-state index contributed by atoms with van der Waals surface area (Å²) in [7, 11) is -3.43. The highest BCUT2D eigenvalue weighted by Gasteiger charge is 2.25. The van der Waals surface area contributed by atoms with Crippen LogP contribution >= 0.6 is 15.9 Å². The van der Waals surface area contributed by atoms with Gasteiger partial charge in [-0.25, -0.2) is 8.42 Å². The molecule has 0 unspecified atom stereocenters. The summed E-state index contributed by atoms with van der Waals surface area (Å²) < 4.78 is 27.7. The number of nitrogens with zero attached hydrogens (tertiary/aromatic N) is 1. The van der Waals surface area contributed by atoms with Crippen molar-refractivity contribution in [2.24, 2.45) is 0 Å². The van der Waals surface area contributed by atoms with Crippen LogP contribution < -0.4 is 5.32 Å². The Kier molecular flexibility index (Phi) is 7.87. The number of rotatable bonds is 9. The summed E-state index contributed by atoms with van der Waals surface area (Å²) >= 11 is 3.41. The molecule has 120 valence electrons. The average Bonchev–Trinajstić information content (AvgIpc) is 2.44. The van der Waals surface area contributed by atoms with E-state index in [9.17, 15) is 8.42 Å². The molecule has 0 atom stereocenters. The van der Waals surface area contributed by atoms with Crippen LogP contribution in [-0.4, -0.2) is 32.4 Å². The summed E-state index contributed by atoms with van der Waals surface area (Å²) in [4.78, 5) is 0.352. The molecule has 0 aromatic heterocycles. The predicted octanol–water partition coefficient (Wildman–Crippen LogP) is 3.37. The fraction of sp³-hybridized carbons (Fsp3) is 0.600. The summed E-state index contributed by atoms with van der Waals surface area (Å²) in [5.74, 6) is 0. The van der Waals surface area contributed by atoms with Crippen LogP contribution in [-0.2, 0) is 16.6 Å². The Labute approximate surface area is 137 Å². The predicted molar refractivity (Wildman–Crippen MR) is 90.9 cm³/mol. The van der Waals surface area contributed by atoms with Crippen molar-refractivity contribution >= 4 is 26.0 Å². The number of hydrogen-bond acceptors (Lipinski definition) is 3. The zero-order valence-corrected chi connectivity index (χ0v) is 15.4. The first-order valence-electron chi connectivity index (χ1n) is 7.46. The van der Waals surface area contributed by atoms with Crippen molar-refractivity contribution in [3.63, 3.8) is 0 Å². The van der Waals surface area contributed by atoms with Gasteiger partial charge in [-0.1, -0.05) is 26.8 Å². The number of nitrogens with one attached hydrogen (secondary N) is 1. The van der Waals surface area contributed by atoms with Crippen molar-refractivity contribution in [2.75, 3.05) is 19.6 Å². The van der Waals surface area contributed by atoms with Gasteiger partial charge in [0.25, 0.3) is 0 Å². The smallest absolute Gasteiger partial charge is 0.244 e. The first kappa shape index (κ1) is 18.6. The summed E-state index contributed by atoms with van der Waals surface area (Å²) in [5.41, 5.74) is 1.07. The summed E-state index contributed by atoms with van der Waals surface area (Å²) in [6.07, 6.45) is 1.63. The third-order valence-electron chi connectivity index (χ3n) is 3.14. The Hall–Kier alpha value is -0.430. The normalized spacial score (nSPS) is 12.0. The van der Waals surface area contributed by atoms with Crippen molar-refractivity contribution in [3.05, 3.63) is 28.2 Å². The second-order valence-corrected chi connectivity index (χ2v) is 7.71. The third kappa shape index (κ3) is 5.06. The molecule has 0 radical (unpaired) electrons. The maximum atomic E-state index is 12.7. The molecule has 21 heavy (non-hydrogen) atoms. The lowest BCUT2D eigenvalue weighted by Gasteiger charge is -2.22. The highest BCUT2D eigenvalue weighted by atomic mass is 79.9. The summed E-state index contributed by atoms with van der Waals surface area (Å²) in [6.45, 7) is 8.77. The molecule has 1 aromatic carbocycles. The Bertz CT molecular complexity index is 541. The second kappa shape index (κ2) is 8.88. The van der Waals surface area contributed by atoms with Crippen LogP contribution in [0.5, 0.6) is 0 Å². The van der Waals surface area contributed by atoms with Gasteiger partial charge in [0, 0.05) is 24.1 Å². The minimum atomic E-state index is -3.43. The Morgan fingerprint density at radius 2 is 1.76 bits per heavy atom. The molecular formula is C15H25BrN2O2S. The minimum absolute atomic E-state index is 0.352.